The number of thiazole rings is 1. The van der Waals surface area contributed by atoms with E-state index in [2.05, 4.69) is 20.6 Å². The van der Waals surface area contributed by atoms with E-state index in [-0.39, 0.29) is 30.8 Å². The van der Waals surface area contributed by atoms with E-state index in [9.17, 15) is 27.5 Å². The highest BCUT2D eigenvalue weighted by Gasteiger charge is 2.43. The molecule has 1 saturated heterocycles. The molecule has 222 valence electrons. The molecule has 2 aromatic carbocycles. The molecule has 0 radical (unpaired) electrons. The Morgan fingerprint density at radius 3 is 2.62 bits per heavy atom. The fraction of sp³-hybridized carbons (Fsp3) is 0.320. The molecule has 14 nitrogen and oxygen atoms in total. The number of hydrogen-bond donors (Lipinski definition) is 3. The van der Waals surface area contributed by atoms with Crippen molar-refractivity contribution in [3.05, 3.63) is 59.9 Å². The highest BCUT2D eigenvalue weighted by atomic mass is 32.2. The summed E-state index contributed by atoms with van der Waals surface area (Å²) in [7, 11) is -3.92. The zero-order valence-corrected chi connectivity index (χ0v) is 23.4. The Morgan fingerprint density at radius 1 is 1.12 bits per heavy atom. The summed E-state index contributed by atoms with van der Waals surface area (Å²) in [6, 6.07) is 9.50. The summed E-state index contributed by atoms with van der Waals surface area (Å²) < 4.78 is 53.6. The maximum Gasteiger partial charge on any atom is 0.265 e. The molecule has 1 fully saturated rings. The number of ketones is 1. The van der Waals surface area contributed by atoms with Crippen LogP contribution in [0.4, 0.5) is 4.39 Å². The van der Waals surface area contributed by atoms with Crippen LogP contribution in [0.3, 0.4) is 0 Å². The number of fused-ring (bicyclic) bond motifs is 1. The number of alkyl halides is 1. The molecule has 17 heteroatoms. The van der Waals surface area contributed by atoms with Crippen LogP contribution in [0.5, 0.6) is 11.5 Å². The van der Waals surface area contributed by atoms with E-state index in [0.29, 0.717) is 27.4 Å². The quantitative estimate of drug-likeness (QED) is 0.177. The Labute approximate surface area is 242 Å². The van der Waals surface area contributed by atoms with Gasteiger partial charge in [-0.15, -0.1) is 16.4 Å². The Morgan fingerprint density at radius 2 is 1.88 bits per heavy atom. The summed E-state index contributed by atoms with van der Waals surface area (Å²) in [4.78, 5) is 29.5. The number of Topliss-reactive ketones (excluding diaryl/α,β-unsaturated/α-hetero) is 1. The molecule has 3 heterocycles. The van der Waals surface area contributed by atoms with Crippen LogP contribution in [0.15, 0.2) is 53.0 Å². The minimum Gasteiger partial charge on any atom is -0.491 e. The molecular formula is C25H25FN6O8S2. The summed E-state index contributed by atoms with van der Waals surface area (Å²) in [5.74, 6) is -0.0750. The zero-order valence-electron chi connectivity index (χ0n) is 21.8. The van der Waals surface area contributed by atoms with Gasteiger partial charge in [-0.05, 0) is 35.9 Å². The average Bonchev–Trinajstić information content (AvgIpc) is 3.68. The average molecular weight is 621 g/mol. The number of halogens is 1. The molecular weight excluding hydrogens is 595 g/mol. The van der Waals surface area contributed by atoms with Crippen molar-refractivity contribution in [2.45, 2.75) is 35.7 Å². The number of carbonyl (C=O) groups is 2. The van der Waals surface area contributed by atoms with Gasteiger partial charge in [-0.2, -0.15) is 0 Å². The third-order valence-electron chi connectivity index (χ3n) is 6.07. The molecule has 4 aromatic rings. The number of benzene rings is 2. The second-order valence-corrected chi connectivity index (χ2v) is 12.0. The van der Waals surface area contributed by atoms with Gasteiger partial charge in [0.25, 0.3) is 15.9 Å². The Kier molecular flexibility index (Phi) is 8.74. The molecule has 0 spiro atoms. The third-order valence-corrected chi connectivity index (χ3v) is 8.41. The van der Waals surface area contributed by atoms with Gasteiger partial charge in [-0.1, -0.05) is 17.3 Å². The number of amides is 1. The number of aliphatic hydroxyl groups is 1. The monoisotopic (exact) mass is 620 g/mol. The molecule has 0 saturated carbocycles. The molecule has 0 aliphatic carbocycles. The minimum atomic E-state index is -3.92. The third kappa shape index (κ3) is 6.88. The lowest BCUT2D eigenvalue weighted by Gasteiger charge is -2.11. The molecule has 2 unspecified atom stereocenters. The molecule has 1 amide bonds. The van der Waals surface area contributed by atoms with Crippen LogP contribution >= 0.6 is 11.3 Å². The van der Waals surface area contributed by atoms with Gasteiger partial charge in [0.05, 0.1) is 29.6 Å². The van der Waals surface area contributed by atoms with Crippen molar-refractivity contribution in [1.82, 2.24) is 25.3 Å². The zero-order chi connectivity index (χ0) is 29.9. The van der Waals surface area contributed by atoms with Crippen LogP contribution < -0.4 is 19.9 Å². The van der Waals surface area contributed by atoms with Gasteiger partial charge >= 0.3 is 0 Å². The normalized spacial score (nSPS) is 17.9. The van der Waals surface area contributed by atoms with Crippen LogP contribution in [0.25, 0.3) is 10.2 Å². The van der Waals surface area contributed by atoms with Crippen molar-refractivity contribution in [1.29, 1.82) is 0 Å². The minimum absolute atomic E-state index is 0.0261. The smallest absolute Gasteiger partial charge is 0.265 e. The predicted molar refractivity (Wildman–Crippen MR) is 145 cm³/mol. The van der Waals surface area contributed by atoms with E-state index in [0.717, 1.165) is 16.9 Å². The number of hydrogen-bond acceptors (Lipinski definition) is 12. The van der Waals surface area contributed by atoms with Gasteiger partial charge in [-0.25, -0.2) is 27.6 Å². The van der Waals surface area contributed by atoms with E-state index >= 15 is 0 Å². The largest absolute Gasteiger partial charge is 0.491 e. The number of sulfonamides is 1. The number of nitrogens with one attached hydrogen (secondary N) is 1. The summed E-state index contributed by atoms with van der Waals surface area (Å²) in [6.07, 6.45) is 0.252. The van der Waals surface area contributed by atoms with Crippen LogP contribution in [0.2, 0.25) is 0 Å². The molecule has 4 N–H and O–H groups in total. The summed E-state index contributed by atoms with van der Waals surface area (Å²) in [6.45, 7) is -0.968. The van der Waals surface area contributed by atoms with Crippen LogP contribution in [0.1, 0.15) is 17.3 Å². The van der Waals surface area contributed by atoms with Crippen LogP contribution in [0, 0.1) is 0 Å². The van der Waals surface area contributed by atoms with E-state index in [1.807, 2.05) is 0 Å². The number of nitrogens with zero attached hydrogens (tertiary/aromatic N) is 4. The maximum absolute atomic E-state index is 12.9. The number of aliphatic hydroxyl groups excluding tert-OH is 1. The van der Waals surface area contributed by atoms with Gasteiger partial charge in [0.15, 0.2) is 11.8 Å². The number of primary sulfonamides is 1. The van der Waals surface area contributed by atoms with Crippen molar-refractivity contribution >= 4 is 43.3 Å². The highest BCUT2D eigenvalue weighted by molar-refractivity contribution is 7.91. The second-order valence-electron chi connectivity index (χ2n) is 9.28. The first kappa shape index (κ1) is 29.5. The standard InChI is InChI=1S/C25H25FN6O8S2/c26-8-16(33)12-40-17-3-1-14(2-4-17)10-38-13-20-23(34)22(24(35)28-20)32-9-15(30-31-32)11-39-18-5-6-19-21(7-18)41-25(29-19)42(27,36)37/h1-7,9,16,20,22,33H,8,10-13H2,(H,28,35)(H2,27,36,37)/t16?,20-,22?/m0/s1. The number of nitrogens with two attached hydrogens (primary N) is 1. The Balaban J connectivity index is 1.12. The molecule has 0 bridgehead atoms. The van der Waals surface area contributed by atoms with Gasteiger partial charge in [0.1, 0.15) is 49.2 Å². The van der Waals surface area contributed by atoms with Crippen molar-refractivity contribution < 1.29 is 41.7 Å². The highest BCUT2D eigenvalue weighted by Crippen LogP contribution is 2.28. The van der Waals surface area contributed by atoms with Gasteiger partial charge < -0.3 is 24.6 Å². The fourth-order valence-electron chi connectivity index (χ4n) is 3.99. The van der Waals surface area contributed by atoms with Gasteiger partial charge in [0.2, 0.25) is 4.34 Å². The van der Waals surface area contributed by atoms with Crippen LogP contribution in [-0.2, 0) is 37.6 Å². The number of aromatic nitrogens is 4. The van der Waals surface area contributed by atoms with Gasteiger partial charge in [0, 0.05) is 0 Å². The van der Waals surface area contributed by atoms with Crippen molar-refractivity contribution in [3.63, 3.8) is 0 Å². The number of ether oxygens (including phenoxy) is 3. The lowest BCUT2D eigenvalue weighted by molar-refractivity contribution is -0.127. The van der Waals surface area contributed by atoms with E-state index in [1.165, 1.54) is 10.9 Å². The predicted octanol–water partition coefficient (Wildman–Crippen LogP) is 0.649. The molecule has 1 aliphatic heterocycles. The Bertz CT molecular complexity index is 1690. The fourth-order valence-corrected chi connectivity index (χ4v) is 5.67. The van der Waals surface area contributed by atoms with Crippen molar-refractivity contribution in [2.75, 3.05) is 19.9 Å². The molecule has 2 aromatic heterocycles. The summed E-state index contributed by atoms with van der Waals surface area (Å²) >= 11 is 0.918. The van der Waals surface area contributed by atoms with E-state index < -0.39 is 46.6 Å². The summed E-state index contributed by atoms with van der Waals surface area (Å²) in [5, 5.41) is 24.9. The van der Waals surface area contributed by atoms with E-state index in [1.54, 1.807) is 42.5 Å². The lowest BCUT2D eigenvalue weighted by Crippen LogP contribution is -2.33. The van der Waals surface area contributed by atoms with Crippen LogP contribution in [-0.4, -0.2) is 77.2 Å². The second kappa shape index (κ2) is 12.5. The van der Waals surface area contributed by atoms with E-state index in [4.69, 9.17) is 19.3 Å². The topological polar surface area (TPSA) is 198 Å². The van der Waals surface area contributed by atoms with Crippen molar-refractivity contribution in [3.8, 4) is 11.5 Å². The summed E-state index contributed by atoms with van der Waals surface area (Å²) in [5.41, 5.74) is 1.60. The Hall–Kier alpha value is -4.03. The van der Waals surface area contributed by atoms with Gasteiger partial charge in [-0.3, -0.25) is 9.59 Å². The maximum atomic E-state index is 12.9. The number of rotatable bonds is 13. The molecule has 3 atom stereocenters. The SMILES string of the molecule is NS(=O)(=O)c1nc2ccc(OCc3cn(C4C(=O)N[C@@H](COCc5ccc(OCC(O)CF)cc5)C4=O)nn3)cc2s1. The molecule has 5 rings (SSSR count). The van der Waals surface area contributed by atoms with Crippen molar-refractivity contribution in [2.24, 2.45) is 5.14 Å². The first-order chi connectivity index (χ1) is 20.1. The first-order valence-corrected chi connectivity index (χ1v) is 14.8. The lowest BCUT2D eigenvalue weighted by atomic mass is 10.1. The number of carbonyl (C=O) groups excluding carboxylic acids is 2. The molecule has 1 aliphatic rings. The molecule has 42 heavy (non-hydrogen) atoms. The first-order valence-electron chi connectivity index (χ1n) is 12.4.